The highest BCUT2D eigenvalue weighted by molar-refractivity contribution is 14.0. The number of hydrogen-bond acceptors (Lipinski definition) is 4. The summed E-state index contributed by atoms with van der Waals surface area (Å²) in [5.41, 5.74) is 0.470. The number of aliphatic imine (C=N–C) groups is 1. The molecule has 120 valence electrons. The van der Waals surface area contributed by atoms with Crippen molar-refractivity contribution in [2.45, 2.75) is 53.0 Å². The minimum absolute atomic E-state index is 0. The van der Waals surface area contributed by atoms with Gasteiger partial charge in [-0.25, -0.2) is 4.99 Å². The number of hydrogen-bond donors (Lipinski definition) is 2. The van der Waals surface area contributed by atoms with Crippen molar-refractivity contribution in [1.29, 1.82) is 0 Å². The number of aryl methyl sites for hydroxylation is 1. The van der Waals surface area contributed by atoms with Crippen LogP contribution < -0.4 is 10.6 Å². The number of aromatic nitrogens is 2. The zero-order chi connectivity index (χ0) is 14.4. The van der Waals surface area contributed by atoms with E-state index in [9.17, 15) is 0 Å². The fourth-order valence-electron chi connectivity index (χ4n) is 2.50. The monoisotopic (exact) mass is 407 g/mol. The molecule has 7 heteroatoms. The zero-order valence-electron chi connectivity index (χ0n) is 13.1. The van der Waals surface area contributed by atoms with Crippen LogP contribution in [0.5, 0.6) is 0 Å². The summed E-state index contributed by atoms with van der Waals surface area (Å²) < 4.78 is 5.07. The second kappa shape index (κ2) is 8.55. The average molecular weight is 407 g/mol. The lowest BCUT2D eigenvalue weighted by Gasteiger charge is -2.41. The highest BCUT2D eigenvalue weighted by Crippen LogP contribution is 2.42. The third-order valence-corrected chi connectivity index (χ3v) is 4.08. The summed E-state index contributed by atoms with van der Waals surface area (Å²) in [4.78, 5) is 8.65. The van der Waals surface area contributed by atoms with Crippen molar-refractivity contribution in [3.63, 3.8) is 0 Å². The van der Waals surface area contributed by atoms with Gasteiger partial charge in [-0.05, 0) is 38.5 Å². The Morgan fingerprint density at radius 1 is 1.33 bits per heavy atom. The molecule has 2 rings (SSSR count). The van der Waals surface area contributed by atoms with E-state index in [0.29, 0.717) is 23.7 Å². The van der Waals surface area contributed by atoms with Crippen molar-refractivity contribution in [3.8, 4) is 0 Å². The molecule has 0 aromatic carbocycles. The molecule has 0 radical (unpaired) electrons. The molecule has 1 aliphatic rings. The normalized spacial score (nSPS) is 16.8. The molecule has 0 amide bonds. The van der Waals surface area contributed by atoms with Gasteiger partial charge in [0.05, 0.1) is 0 Å². The first-order valence-electron chi connectivity index (χ1n) is 7.49. The van der Waals surface area contributed by atoms with Gasteiger partial charge in [-0.1, -0.05) is 18.5 Å². The number of nitrogens with one attached hydrogen (secondary N) is 2. The predicted octanol–water partition coefficient (Wildman–Crippen LogP) is 2.63. The van der Waals surface area contributed by atoms with E-state index in [1.807, 2.05) is 6.92 Å². The van der Waals surface area contributed by atoms with Gasteiger partial charge in [0, 0.05) is 13.1 Å². The van der Waals surface area contributed by atoms with E-state index in [4.69, 9.17) is 4.52 Å². The fraction of sp³-hybridized carbons (Fsp3) is 0.786. The Bertz CT molecular complexity index is 450. The lowest BCUT2D eigenvalue weighted by Crippen LogP contribution is -2.46. The Morgan fingerprint density at radius 2 is 2.10 bits per heavy atom. The molecule has 0 spiro atoms. The lowest BCUT2D eigenvalue weighted by molar-refractivity contribution is 0.131. The standard InChI is InChI=1S/C14H25N5O.HI/c1-4-14(7-6-8-14)10-17-13(15-5-2)16-9-12-18-11(3)19-20-12;/h4-10H2,1-3H3,(H2,15,16,17);1H. The minimum Gasteiger partial charge on any atom is -0.357 e. The summed E-state index contributed by atoms with van der Waals surface area (Å²) >= 11 is 0. The van der Waals surface area contributed by atoms with Gasteiger partial charge in [-0.3, -0.25) is 0 Å². The first-order valence-corrected chi connectivity index (χ1v) is 7.49. The van der Waals surface area contributed by atoms with Gasteiger partial charge in [0.1, 0.15) is 6.54 Å². The molecule has 1 heterocycles. The maximum Gasteiger partial charge on any atom is 0.248 e. The highest BCUT2D eigenvalue weighted by atomic mass is 127. The van der Waals surface area contributed by atoms with E-state index >= 15 is 0 Å². The highest BCUT2D eigenvalue weighted by Gasteiger charge is 2.34. The van der Waals surface area contributed by atoms with Crippen LogP contribution in [0.4, 0.5) is 0 Å². The maximum absolute atomic E-state index is 5.07. The van der Waals surface area contributed by atoms with Gasteiger partial charge in [-0.15, -0.1) is 24.0 Å². The smallest absolute Gasteiger partial charge is 0.248 e. The molecule has 1 fully saturated rings. The minimum atomic E-state index is 0. The third kappa shape index (κ3) is 5.12. The molecule has 21 heavy (non-hydrogen) atoms. The molecule has 6 nitrogen and oxygen atoms in total. The van der Waals surface area contributed by atoms with Crippen LogP contribution in [0.25, 0.3) is 0 Å². The number of guanidine groups is 1. The summed E-state index contributed by atoms with van der Waals surface area (Å²) in [5.74, 6) is 2.02. The van der Waals surface area contributed by atoms with E-state index in [-0.39, 0.29) is 24.0 Å². The summed E-state index contributed by atoms with van der Waals surface area (Å²) in [6, 6.07) is 0. The van der Waals surface area contributed by atoms with E-state index in [1.165, 1.54) is 25.7 Å². The van der Waals surface area contributed by atoms with Gasteiger partial charge >= 0.3 is 0 Å². The van der Waals surface area contributed by atoms with Crippen LogP contribution in [0, 0.1) is 12.3 Å². The Morgan fingerprint density at radius 3 is 2.57 bits per heavy atom. The molecular weight excluding hydrogens is 381 g/mol. The summed E-state index contributed by atoms with van der Waals surface area (Å²) in [6.45, 7) is 8.38. The van der Waals surface area contributed by atoms with Gasteiger partial charge in [0.15, 0.2) is 11.8 Å². The van der Waals surface area contributed by atoms with Crippen molar-refractivity contribution in [2.24, 2.45) is 10.4 Å². The summed E-state index contributed by atoms with van der Waals surface area (Å²) in [5, 5.41) is 10.5. The first-order chi connectivity index (χ1) is 9.67. The van der Waals surface area contributed by atoms with Crippen LogP contribution in [0.3, 0.4) is 0 Å². The maximum atomic E-state index is 5.07. The summed E-state index contributed by atoms with van der Waals surface area (Å²) in [7, 11) is 0. The van der Waals surface area contributed by atoms with E-state index < -0.39 is 0 Å². The molecule has 0 aliphatic heterocycles. The molecular formula is C14H26IN5O. The van der Waals surface area contributed by atoms with Crippen LogP contribution in [-0.2, 0) is 6.54 Å². The molecule has 1 aromatic rings. The third-order valence-electron chi connectivity index (χ3n) is 4.08. The predicted molar refractivity (Wildman–Crippen MR) is 93.8 cm³/mol. The molecule has 1 saturated carbocycles. The molecule has 0 bridgehead atoms. The lowest BCUT2D eigenvalue weighted by atomic mass is 9.67. The van der Waals surface area contributed by atoms with Gasteiger partial charge < -0.3 is 15.2 Å². The quantitative estimate of drug-likeness (QED) is 0.431. The van der Waals surface area contributed by atoms with Crippen LogP contribution in [-0.4, -0.2) is 29.2 Å². The Hall–Kier alpha value is -0.860. The topological polar surface area (TPSA) is 75.3 Å². The Kier molecular flexibility index (Phi) is 7.41. The van der Waals surface area contributed by atoms with Crippen molar-refractivity contribution >= 4 is 29.9 Å². The summed E-state index contributed by atoms with van der Waals surface area (Å²) in [6.07, 6.45) is 5.21. The SMILES string of the molecule is CCNC(=NCc1nc(C)no1)NCC1(CC)CCC1.I. The van der Waals surface area contributed by atoms with Crippen LogP contribution in [0.1, 0.15) is 51.2 Å². The largest absolute Gasteiger partial charge is 0.357 e. The molecule has 0 atom stereocenters. The van der Waals surface area contributed by atoms with E-state index in [2.05, 4.69) is 39.6 Å². The zero-order valence-corrected chi connectivity index (χ0v) is 15.4. The van der Waals surface area contributed by atoms with Crippen molar-refractivity contribution in [1.82, 2.24) is 20.8 Å². The van der Waals surface area contributed by atoms with E-state index in [0.717, 1.165) is 19.0 Å². The molecule has 1 aliphatic carbocycles. The number of rotatable bonds is 6. The molecule has 0 saturated heterocycles. The molecule has 1 aromatic heterocycles. The van der Waals surface area contributed by atoms with Crippen LogP contribution in [0.2, 0.25) is 0 Å². The first kappa shape index (κ1) is 18.2. The van der Waals surface area contributed by atoms with Gasteiger partial charge in [0.25, 0.3) is 0 Å². The van der Waals surface area contributed by atoms with Crippen molar-refractivity contribution in [3.05, 3.63) is 11.7 Å². The molecule has 0 unspecified atom stereocenters. The van der Waals surface area contributed by atoms with Crippen molar-refractivity contribution in [2.75, 3.05) is 13.1 Å². The second-order valence-electron chi connectivity index (χ2n) is 5.49. The van der Waals surface area contributed by atoms with Crippen LogP contribution >= 0.6 is 24.0 Å². The second-order valence-corrected chi connectivity index (χ2v) is 5.49. The Labute approximate surface area is 143 Å². The van der Waals surface area contributed by atoms with Crippen LogP contribution in [0.15, 0.2) is 9.52 Å². The van der Waals surface area contributed by atoms with E-state index in [1.54, 1.807) is 0 Å². The number of nitrogens with zero attached hydrogens (tertiary/aromatic N) is 3. The average Bonchev–Trinajstić information content (AvgIpc) is 2.81. The molecule has 2 N–H and O–H groups in total. The fourth-order valence-corrected chi connectivity index (χ4v) is 2.50. The van der Waals surface area contributed by atoms with Crippen molar-refractivity contribution < 1.29 is 4.52 Å². The number of halogens is 1. The van der Waals surface area contributed by atoms with Gasteiger partial charge in [-0.2, -0.15) is 4.98 Å². The Balaban J connectivity index is 0.00000220. The van der Waals surface area contributed by atoms with Gasteiger partial charge in [0.2, 0.25) is 5.89 Å².